The highest BCUT2D eigenvalue weighted by atomic mass is 32.2. The van der Waals surface area contributed by atoms with Crippen LogP contribution in [0.1, 0.15) is 48.2 Å². The van der Waals surface area contributed by atoms with Crippen LogP contribution in [0.2, 0.25) is 0 Å². The summed E-state index contributed by atoms with van der Waals surface area (Å²) in [5, 5.41) is 0. The van der Waals surface area contributed by atoms with Gasteiger partial charge in [-0.1, -0.05) is 26.0 Å². The number of sulfonamides is 1. The first-order valence-corrected chi connectivity index (χ1v) is 11.4. The number of carbonyl (C=O) groups excluding carboxylic acids is 2. The lowest BCUT2D eigenvalue weighted by molar-refractivity contribution is -0.148. The van der Waals surface area contributed by atoms with Crippen LogP contribution in [0.25, 0.3) is 0 Å². The lowest BCUT2D eigenvalue weighted by atomic mass is 10.0. The Hall–Kier alpha value is -2.87. The Morgan fingerprint density at radius 3 is 2.23 bits per heavy atom. The summed E-state index contributed by atoms with van der Waals surface area (Å²) in [5.74, 6) is -0.192. The van der Waals surface area contributed by atoms with Crippen molar-refractivity contribution in [1.29, 1.82) is 0 Å². The van der Waals surface area contributed by atoms with Gasteiger partial charge >= 0.3 is 5.97 Å². The van der Waals surface area contributed by atoms with Crippen LogP contribution in [0.3, 0.4) is 0 Å². The van der Waals surface area contributed by atoms with Gasteiger partial charge in [0, 0.05) is 11.3 Å². The van der Waals surface area contributed by atoms with Gasteiger partial charge in [-0.15, -0.1) is 0 Å². The molecule has 8 heteroatoms. The Morgan fingerprint density at radius 1 is 1.03 bits per heavy atom. The number of nitrogens with one attached hydrogen (secondary N) is 1. The summed E-state index contributed by atoms with van der Waals surface area (Å²) >= 11 is 0. The molecule has 2 rings (SSSR count). The van der Waals surface area contributed by atoms with E-state index in [2.05, 4.69) is 4.72 Å². The molecule has 1 N–H and O–H groups in total. The van der Waals surface area contributed by atoms with Crippen LogP contribution in [0.4, 0.5) is 5.69 Å². The number of ether oxygens (including phenoxy) is 2. The molecular weight excluding hydrogens is 406 g/mol. The highest BCUT2D eigenvalue weighted by Gasteiger charge is 2.20. The number of carbonyl (C=O) groups is 2. The van der Waals surface area contributed by atoms with Crippen molar-refractivity contribution >= 4 is 27.5 Å². The predicted molar refractivity (Wildman–Crippen MR) is 116 cm³/mol. The van der Waals surface area contributed by atoms with E-state index in [1.165, 1.54) is 31.2 Å². The molecule has 30 heavy (non-hydrogen) atoms. The van der Waals surface area contributed by atoms with Crippen LogP contribution >= 0.6 is 0 Å². The highest BCUT2D eigenvalue weighted by molar-refractivity contribution is 7.92. The largest absolute Gasteiger partial charge is 0.482 e. The van der Waals surface area contributed by atoms with Crippen LogP contribution in [0.5, 0.6) is 5.75 Å². The minimum Gasteiger partial charge on any atom is -0.482 e. The van der Waals surface area contributed by atoms with E-state index in [0.717, 1.165) is 17.4 Å². The summed E-state index contributed by atoms with van der Waals surface area (Å²) in [6.07, 6.45) is 0.0354. The molecule has 0 spiro atoms. The van der Waals surface area contributed by atoms with Crippen LogP contribution in [0.15, 0.2) is 42.5 Å². The van der Waals surface area contributed by atoms with Gasteiger partial charge in [-0.05, 0) is 61.2 Å². The maximum absolute atomic E-state index is 12.5. The Morgan fingerprint density at radius 2 is 1.67 bits per heavy atom. The second kappa shape index (κ2) is 9.75. The van der Waals surface area contributed by atoms with Gasteiger partial charge in [-0.2, -0.15) is 0 Å². The quantitative estimate of drug-likeness (QED) is 0.478. The molecule has 1 atom stereocenters. The Balaban J connectivity index is 1.96. The molecule has 2 aromatic carbocycles. The minimum atomic E-state index is -3.40. The fraction of sp³-hybridized carbons (Fsp3) is 0.364. The van der Waals surface area contributed by atoms with Gasteiger partial charge in [0.05, 0.1) is 6.26 Å². The van der Waals surface area contributed by atoms with E-state index in [4.69, 9.17) is 9.47 Å². The van der Waals surface area contributed by atoms with Crippen LogP contribution in [-0.2, 0) is 19.6 Å². The minimum absolute atomic E-state index is 0.234. The molecule has 0 heterocycles. The number of benzene rings is 2. The smallest absolute Gasteiger partial charge is 0.344 e. The molecule has 162 valence electrons. The number of ketones is 1. The van der Waals surface area contributed by atoms with Crippen molar-refractivity contribution in [3.8, 4) is 5.75 Å². The number of anilines is 1. The average Bonchev–Trinajstić information content (AvgIpc) is 2.65. The highest BCUT2D eigenvalue weighted by Crippen LogP contribution is 2.27. The van der Waals surface area contributed by atoms with Crippen molar-refractivity contribution in [2.24, 2.45) is 0 Å². The summed E-state index contributed by atoms with van der Waals surface area (Å²) in [5.41, 5.74) is 2.64. The molecular formula is C22H27NO6S. The monoisotopic (exact) mass is 433 g/mol. The van der Waals surface area contributed by atoms with E-state index in [-0.39, 0.29) is 12.5 Å². The lowest BCUT2D eigenvalue weighted by Gasteiger charge is -2.16. The van der Waals surface area contributed by atoms with Gasteiger partial charge in [0.2, 0.25) is 15.8 Å². The first-order valence-electron chi connectivity index (χ1n) is 9.51. The third-order valence-corrected chi connectivity index (χ3v) is 4.89. The van der Waals surface area contributed by atoms with E-state index >= 15 is 0 Å². The number of hydrogen-bond acceptors (Lipinski definition) is 6. The van der Waals surface area contributed by atoms with Crippen LogP contribution in [-0.4, -0.2) is 39.1 Å². The number of esters is 1. The van der Waals surface area contributed by atoms with E-state index < -0.39 is 27.9 Å². The summed E-state index contributed by atoms with van der Waals surface area (Å²) < 4.78 is 35.6. The molecule has 0 saturated heterocycles. The van der Waals surface area contributed by atoms with Crippen LogP contribution in [0, 0.1) is 6.92 Å². The number of rotatable bonds is 9. The SMILES string of the molecule is Cc1ccc(C(C)C)c(OCC(=O)OC(C)C(=O)c2ccc(NS(C)(=O)=O)cc2)c1. The number of hydrogen-bond donors (Lipinski definition) is 1. The first-order chi connectivity index (χ1) is 14.0. The maximum atomic E-state index is 12.5. The average molecular weight is 434 g/mol. The van der Waals surface area contributed by atoms with Gasteiger partial charge in [-0.3, -0.25) is 9.52 Å². The molecule has 0 aliphatic carbocycles. The molecule has 0 fully saturated rings. The Labute approximate surface area is 177 Å². The Kier molecular flexibility index (Phi) is 7.61. The van der Waals surface area contributed by atoms with Crippen molar-refractivity contribution in [1.82, 2.24) is 0 Å². The fourth-order valence-corrected chi connectivity index (χ4v) is 3.38. The third-order valence-electron chi connectivity index (χ3n) is 4.29. The number of aryl methyl sites for hydroxylation is 1. The summed E-state index contributed by atoms with van der Waals surface area (Å²) in [7, 11) is -3.40. The zero-order valence-corrected chi connectivity index (χ0v) is 18.6. The molecule has 0 saturated carbocycles. The zero-order chi connectivity index (χ0) is 22.5. The first kappa shape index (κ1) is 23.4. The van der Waals surface area contributed by atoms with Crippen LogP contribution < -0.4 is 9.46 Å². The van der Waals surface area contributed by atoms with E-state index in [1.807, 2.05) is 39.0 Å². The standard InChI is InChI=1S/C22H27NO6S/c1-14(2)19-11-6-15(3)12-20(19)28-13-21(24)29-16(4)22(25)17-7-9-18(10-8-17)23-30(5,26)27/h6-12,14,16,23H,13H2,1-5H3. The van der Waals surface area contributed by atoms with E-state index in [1.54, 1.807) is 0 Å². The van der Waals surface area contributed by atoms with Crippen molar-refractivity contribution in [3.63, 3.8) is 0 Å². The molecule has 0 amide bonds. The molecule has 0 radical (unpaired) electrons. The van der Waals surface area contributed by atoms with E-state index in [0.29, 0.717) is 17.0 Å². The topological polar surface area (TPSA) is 98.8 Å². The molecule has 0 aromatic heterocycles. The third kappa shape index (κ3) is 6.88. The molecule has 2 aromatic rings. The second-order valence-electron chi connectivity index (χ2n) is 7.43. The van der Waals surface area contributed by atoms with Gasteiger partial charge in [-0.25, -0.2) is 13.2 Å². The van der Waals surface area contributed by atoms with Gasteiger partial charge in [0.25, 0.3) is 0 Å². The van der Waals surface area contributed by atoms with Crippen molar-refractivity contribution < 1.29 is 27.5 Å². The molecule has 0 aliphatic heterocycles. The maximum Gasteiger partial charge on any atom is 0.344 e. The second-order valence-corrected chi connectivity index (χ2v) is 9.18. The van der Waals surface area contributed by atoms with Crippen molar-refractivity contribution in [3.05, 3.63) is 59.2 Å². The molecule has 0 aliphatic rings. The normalized spacial score (nSPS) is 12.3. The van der Waals surface area contributed by atoms with Crippen molar-refractivity contribution in [2.45, 2.75) is 39.7 Å². The number of Topliss-reactive ketones (excluding diaryl/α,β-unsaturated/α-hetero) is 1. The van der Waals surface area contributed by atoms with Gasteiger partial charge in [0.15, 0.2) is 12.7 Å². The molecule has 7 nitrogen and oxygen atoms in total. The van der Waals surface area contributed by atoms with Gasteiger partial charge in [0.1, 0.15) is 5.75 Å². The predicted octanol–water partition coefficient (Wildman–Crippen LogP) is 3.68. The fourth-order valence-electron chi connectivity index (χ4n) is 2.82. The summed E-state index contributed by atoms with van der Waals surface area (Å²) in [6.45, 7) is 7.18. The summed E-state index contributed by atoms with van der Waals surface area (Å²) in [6, 6.07) is 11.7. The molecule has 1 unspecified atom stereocenters. The lowest BCUT2D eigenvalue weighted by Crippen LogP contribution is -2.27. The summed E-state index contributed by atoms with van der Waals surface area (Å²) in [4.78, 5) is 24.6. The van der Waals surface area contributed by atoms with Crippen molar-refractivity contribution in [2.75, 3.05) is 17.6 Å². The zero-order valence-electron chi connectivity index (χ0n) is 17.8. The Bertz CT molecular complexity index is 1010. The molecule has 0 bridgehead atoms. The van der Waals surface area contributed by atoms with Gasteiger partial charge < -0.3 is 9.47 Å². The van der Waals surface area contributed by atoms with E-state index in [9.17, 15) is 18.0 Å².